The van der Waals surface area contributed by atoms with E-state index in [0.717, 1.165) is 5.56 Å². The van der Waals surface area contributed by atoms with Crippen molar-refractivity contribution < 1.29 is 19.5 Å². The lowest BCUT2D eigenvalue weighted by molar-refractivity contribution is -0.145. The number of aliphatic carboxylic acids is 1. The molecule has 6 rings (SSSR count). The molecule has 2 heterocycles. The Bertz CT molecular complexity index is 1340. The standard InChI is InChI=1S/C32H34N4O4/c1-33(20-22-12-14-23(15-13-22)24-16-17-24)31(39)36-27-18-19-28(36)29(30(37)38)34(21-27)32(40)35(25-8-4-2-5-9-25)26-10-6-3-7-11-26/h2-15,24,27-29H,16-21H2,1H3,(H,37,38)/t27?,28-,29+/m1/s1. The minimum Gasteiger partial charge on any atom is -0.480 e. The van der Waals surface area contributed by atoms with Crippen LogP contribution in [0.1, 0.15) is 42.7 Å². The summed E-state index contributed by atoms with van der Waals surface area (Å²) < 4.78 is 0. The molecule has 1 saturated carbocycles. The van der Waals surface area contributed by atoms with E-state index in [-0.39, 0.29) is 18.6 Å². The third-order valence-electron chi connectivity index (χ3n) is 8.37. The van der Waals surface area contributed by atoms with Crippen LogP contribution in [0.25, 0.3) is 0 Å². The van der Waals surface area contributed by atoms with E-state index in [0.29, 0.717) is 36.7 Å². The molecule has 8 heteroatoms. The second-order valence-electron chi connectivity index (χ2n) is 11.1. The number of anilines is 2. The van der Waals surface area contributed by atoms with Crippen LogP contribution in [0.5, 0.6) is 0 Å². The molecule has 3 aromatic rings. The van der Waals surface area contributed by atoms with Gasteiger partial charge in [0.1, 0.15) is 0 Å². The number of amides is 4. The number of fused-ring (bicyclic) bond motifs is 2. The van der Waals surface area contributed by atoms with Crippen molar-refractivity contribution in [3.63, 3.8) is 0 Å². The van der Waals surface area contributed by atoms with Crippen molar-refractivity contribution in [2.45, 2.75) is 56.3 Å². The third-order valence-corrected chi connectivity index (χ3v) is 8.37. The van der Waals surface area contributed by atoms with Gasteiger partial charge in [-0.15, -0.1) is 0 Å². The maximum absolute atomic E-state index is 14.1. The Morgan fingerprint density at radius 3 is 1.95 bits per heavy atom. The summed E-state index contributed by atoms with van der Waals surface area (Å²) in [7, 11) is 1.76. The Balaban J connectivity index is 1.24. The van der Waals surface area contributed by atoms with Crippen molar-refractivity contribution in [2.75, 3.05) is 18.5 Å². The summed E-state index contributed by atoms with van der Waals surface area (Å²) in [5.74, 6) is -0.424. The molecule has 2 aliphatic heterocycles. The predicted molar refractivity (Wildman–Crippen MR) is 152 cm³/mol. The Morgan fingerprint density at radius 2 is 1.40 bits per heavy atom. The summed E-state index contributed by atoms with van der Waals surface area (Å²) in [4.78, 5) is 47.0. The lowest BCUT2D eigenvalue weighted by Crippen LogP contribution is -2.67. The quantitative estimate of drug-likeness (QED) is 0.438. The molecule has 206 valence electrons. The first-order chi connectivity index (χ1) is 19.4. The Hall–Kier alpha value is -4.33. The maximum Gasteiger partial charge on any atom is 0.329 e. The fourth-order valence-electron chi connectivity index (χ4n) is 6.25. The van der Waals surface area contributed by atoms with Crippen LogP contribution in [0.2, 0.25) is 0 Å². The van der Waals surface area contributed by atoms with Crippen molar-refractivity contribution >= 4 is 29.4 Å². The highest BCUT2D eigenvalue weighted by Crippen LogP contribution is 2.40. The summed E-state index contributed by atoms with van der Waals surface area (Å²) in [6, 6.07) is 24.3. The molecule has 0 aromatic heterocycles. The van der Waals surface area contributed by atoms with Gasteiger partial charge in [-0.2, -0.15) is 0 Å². The topological polar surface area (TPSA) is 84.4 Å². The van der Waals surface area contributed by atoms with Crippen molar-refractivity contribution in [1.29, 1.82) is 0 Å². The van der Waals surface area contributed by atoms with E-state index in [1.165, 1.54) is 23.3 Å². The van der Waals surface area contributed by atoms with E-state index in [4.69, 9.17) is 0 Å². The van der Waals surface area contributed by atoms with Gasteiger partial charge < -0.3 is 19.8 Å². The second kappa shape index (κ2) is 10.7. The SMILES string of the molecule is CN(Cc1ccc(C2CC2)cc1)C(=O)N1C2CC[C@@H]1[C@@H](C(=O)O)N(C(=O)N(c1ccccc1)c1ccccc1)C2. The van der Waals surface area contributed by atoms with Gasteiger partial charge in [0.05, 0.1) is 23.5 Å². The summed E-state index contributed by atoms with van der Waals surface area (Å²) in [5, 5.41) is 10.4. The molecule has 40 heavy (non-hydrogen) atoms. The molecule has 3 atom stereocenters. The highest BCUT2D eigenvalue weighted by atomic mass is 16.4. The number of carboxylic acid groups (broad SMARTS) is 1. The molecular weight excluding hydrogens is 504 g/mol. The van der Waals surface area contributed by atoms with Gasteiger partial charge in [-0.1, -0.05) is 60.7 Å². The van der Waals surface area contributed by atoms with Gasteiger partial charge in [0.25, 0.3) is 0 Å². The van der Waals surface area contributed by atoms with Crippen molar-refractivity contribution in [3.05, 3.63) is 96.1 Å². The average Bonchev–Trinajstić information content (AvgIpc) is 3.78. The summed E-state index contributed by atoms with van der Waals surface area (Å²) in [6.45, 7) is 0.605. The van der Waals surface area contributed by atoms with Crippen LogP contribution in [0.4, 0.5) is 21.0 Å². The first kappa shape index (κ1) is 25.9. The van der Waals surface area contributed by atoms with E-state index in [1.807, 2.05) is 60.7 Å². The van der Waals surface area contributed by atoms with Crippen LogP contribution in [0, 0.1) is 0 Å². The number of para-hydroxylation sites is 2. The zero-order valence-electron chi connectivity index (χ0n) is 22.6. The highest BCUT2D eigenvalue weighted by Gasteiger charge is 2.54. The number of benzene rings is 3. The number of nitrogens with zero attached hydrogens (tertiary/aromatic N) is 4. The Kier molecular flexibility index (Phi) is 6.92. The highest BCUT2D eigenvalue weighted by molar-refractivity contribution is 6.01. The molecule has 1 N–H and O–H groups in total. The molecule has 4 amide bonds. The first-order valence-corrected chi connectivity index (χ1v) is 14.0. The van der Waals surface area contributed by atoms with Crippen molar-refractivity contribution in [2.24, 2.45) is 0 Å². The zero-order chi connectivity index (χ0) is 27.8. The van der Waals surface area contributed by atoms with Gasteiger partial charge >= 0.3 is 18.0 Å². The smallest absolute Gasteiger partial charge is 0.329 e. The van der Waals surface area contributed by atoms with Gasteiger partial charge in [-0.3, -0.25) is 4.90 Å². The third kappa shape index (κ3) is 4.90. The van der Waals surface area contributed by atoms with Crippen molar-refractivity contribution in [3.8, 4) is 0 Å². The molecule has 0 spiro atoms. The molecule has 0 radical (unpaired) electrons. The van der Waals surface area contributed by atoms with Gasteiger partial charge in [0.15, 0.2) is 6.04 Å². The van der Waals surface area contributed by atoms with Crippen LogP contribution >= 0.6 is 0 Å². The van der Waals surface area contributed by atoms with E-state index in [1.54, 1.807) is 21.7 Å². The lowest BCUT2D eigenvalue weighted by Gasteiger charge is -2.47. The van der Waals surface area contributed by atoms with Gasteiger partial charge in [-0.25, -0.2) is 14.4 Å². The Labute approximate surface area is 234 Å². The second-order valence-corrected chi connectivity index (χ2v) is 11.1. The number of hydrogen-bond donors (Lipinski definition) is 1. The van der Waals surface area contributed by atoms with E-state index < -0.39 is 24.1 Å². The zero-order valence-corrected chi connectivity index (χ0v) is 22.6. The fourth-order valence-corrected chi connectivity index (χ4v) is 6.25. The molecule has 2 bridgehead atoms. The van der Waals surface area contributed by atoms with Gasteiger partial charge in [-0.05, 0) is 67.0 Å². The normalized spacial score (nSPS) is 21.7. The number of hydrogen-bond acceptors (Lipinski definition) is 3. The summed E-state index contributed by atoms with van der Waals surface area (Å²) in [6.07, 6.45) is 3.69. The molecule has 8 nitrogen and oxygen atoms in total. The molecular formula is C32H34N4O4. The minimum atomic E-state index is -1.14. The number of likely N-dealkylation sites (tertiary alicyclic amines) is 1. The van der Waals surface area contributed by atoms with E-state index >= 15 is 0 Å². The average molecular weight is 539 g/mol. The molecule has 1 unspecified atom stereocenters. The number of rotatable bonds is 6. The first-order valence-electron chi connectivity index (χ1n) is 14.0. The van der Waals surface area contributed by atoms with Crippen LogP contribution in [-0.4, -0.2) is 69.6 Å². The van der Waals surface area contributed by atoms with Gasteiger partial charge in [0.2, 0.25) is 0 Å². The van der Waals surface area contributed by atoms with Gasteiger partial charge in [0, 0.05) is 20.1 Å². The lowest BCUT2D eigenvalue weighted by atomic mass is 10.0. The predicted octanol–water partition coefficient (Wildman–Crippen LogP) is 5.68. The number of carbonyl (C=O) groups is 3. The molecule has 1 aliphatic carbocycles. The van der Waals surface area contributed by atoms with Crippen molar-refractivity contribution in [1.82, 2.24) is 14.7 Å². The number of carbonyl (C=O) groups excluding carboxylic acids is 2. The monoisotopic (exact) mass is 538 g/mol. The van der Waals surface area contributed by atoms with Crippen LogP contribution < -0.4 is 4.90 Å². The minimum absolute atomic E-state index is 0.165. The van der Waals surface area contributed by atoms with Crippen LogP contribution in [0.3, 0.4) is 0 Å². The molecule has 3 aliphatic rings. The molecule has 3 fully saturated rings. The maximum atomic E-state index is 14.1. The number of carboxylic acids is 1. The fraction of sp³-hybridized carbons (Fsp3) is 0.344. The van der Waals surface area contributed by atoms with E-state index in [2.05, 4.69) is 24.3 Å². The molecule has 2 saturated heterocycles. The summed E-state index contributed by atoms with van der Waals surface area (Å²) in [5.41, 5.74) is 3.70. The largest absolute Gasteiger partial charge is 0.480 e. The number of urea groups is 2. The van der Waals surface area contributed by atoms with Crippen LogP contribution in [0.15, 0.2) is 84.9 Å². The van der Waals surface area contributed by atoms with Crippen LogP contribution in [-0.2, 0) is 11.3 Å². The Morgan fingerprint density at radius 1 is 0.800 bits per heavy atom. The number of piperazine rings is 1. The molecule has 3 aromatic carbocycles. The van der Waals surface area contributed by atoms with E-state index in [9.17, 15) is 19.5 Å². The summed E-state index contributed by atoms with van der Waals surface area (Å²) >= 11 is 0.